The van der Waals surface area contributed by atoms with Crippen LogP contribution >= 0.6 is 0 Å². The third-order valence-corrected chi connectivity index (χ3v) is 4.11. The Morgan fingerprint density at radius 2 is 2.00 bits per heavy atom. The van der Waals surface area contributed by atoms with Crippen molar-refractivity contribution in [3.05, 3.63) is 30.1 Å². The van der Waals surface area contributed by atoms with Crippen molar-refractivity contribution in [1.82, 2.24) is 0 Å². The van der Waals surface area contributed by atoms with Crippen LogP contribution < -0.4 is 0 Å². The van der Waals surface area contributed by atoms with Crippen LogP contribution in [0.5, 0.6) is 0 Å². The Labute approximate surface area is 119 Å². The van der Waals surface area contributed by atoms with E-state index in [4.69, 9.17) is 4.74 Å². The zero-order valence-corrected chi connectivity index (χ0v) is 12.5. The van der Waals surface area contributed by atoms with Crippen LogP contribution in [0.4, 0.5) is 4.39 Å². The van der Waals surface area contributed by atoms with Gasteiger partial charge in [-0.05, 0) is 39.0 Å². The van der Waals surface area contributed by atoms with Crippen LogP contribution in [-0.4, -0.2) is 28.3 Å². The molecule has 0 amide bonds. The first-order chi connectivity index (χ1) is 9.28. The van der Waals surface area contributed by atoms with Gasteiger partial charge in [-0.2, -0.15) is 0 Å². The predicted molar refractivity (Wildman–Crippen MR) is 73.1 cm³/mol. The lowest BCUT2D eigenvalue weighted by atomic mass is 9.89. The molecule has 1 aromatic carbocycles. The number of esters is 1. The molecule has 0 aliphatic heterocycles. The fourth-order valence-corrected chi connectivity index (χ4v) is 2.66. The Hall–Kier alpha value is -1.56. The molecule has 0 fully saturated rings. The van der Waals surface area contributed by atoms with Gasteiger partial charge in [-0.1, -0.05) is 6.07 Å². The fraction of sp³-hybridized carbons (Fsp3) is 0.429. The number of Topliss-reactive ketones (excluding diaryl/α,β-unsaturated/α-hetero) is 1. The van der Waals surface area contributed by atoms with Crippen LogP contribution in [0.3, 0.4) is 0 Å². The molecule has 0 N–H and O–H groups in total. The number of benzene rings is 1. The number of halogens is 1. The number of carbonyl (C=O) groups excluding carboxylic acids is 2. The SMILES string of the molecule is CCOC(=O)C(C)(C)C(=O)CS(=O)c1cccc(F)c1. The monoisotopic (exact) mass is 300 g/mol. The van der Waals surface area contributed by atoms with Crippen LogP contribution in [-0.2, 0) is 25.1 Å². The summed E-state index contributed by atoms with van der Waals surface area (Å²) in [6, 6.07) is 5.24. The van der Waals surface area contributed by atoms with Gasteiger partial charge in [-0.3, -0.25) is 13.8 Å². The van der Waals surface area contributed by atoms with E-state index in [2.05, 4.69) is 0 Å². The quantitative estimate of drug-likeness (QED) is 0.596. The lowest BCUT2D eigenvalue weighted by Gasteiger charge is -2.20. The highest BCUT2D eigenvalue weighted by Gasteiger charge is 2.38. The van der Waals surface area contributed by atoms with E-state index in [1.54, 1.807) is 6.92 Å². The van der Waals surface area contributed by atoms with Crippen LogP contribution in [0.15, 0.2) is 29.2 Å². The summed E-state index contributed by atoms with van der Waals surface area (Å²) in [7, 11) is -1.69. The summed E-state index contributed by atoms with van der Waals surface area (Å²) in [4.78, 5) is 24.0. The Morgan fingerprint density at radius 1 is 1.35 bits per heavy atom. The Kier molecular flexibility index (Phi) is 5.56. The Bertz CT molecular complexity index is 540. The largest absolute Gasteiger partial charge is 0.465 e. The second-order valence-electron chi connectivity index (χ2n) is 4.72. The molecule has 0 saturated carbocycles. The van der Waals surface area contributed by atoms with E-state index in [-0.39, 0.29) is 17.3 Å². The molecule has 4 nitrogen and oxygen atoms in total. The number of hydrogen-bond donors (Lipinski definition) is 0. The van der Waals surface area contributed by atoms with Crippen molar-refractivity contribution in [3.63, 3.8) is 0 Å². The molecule has 0 aliphatic rings. The van der Waals surface area contributed by atoms with Crippen LogP contribution in [0, 0.1) is 11.2 Å². The number of ether oxygens (including phenoxy) is 1. The first-order valence-corrected chi connectivity index (χ1v) is 7.45. The highest BCUT2D eigenvalue weighted by Crippen LogP contribution is 2.21. The number of carbonyl (C=O) groups is 2. The molecule has 1 unspecified atom stereocenters. The van der Waals surface area contributed by atoms with Crippen molar-refractivity contribution in [1.29, 1.82) is 0 Å². The van der Waals surface area contributed by atoms with Crippen molar-refractivity contribution in [3.8, 4) is 0 Å². The van der Waals surface area contributed by atoms with E-state index >= 15 is 0 Å². The summed E-state index contributed by atoms with van der Waals surface area (Å²) in [6.45, 7) is 4.66. The maximum absolute atomic E-state index is 13.0. The molecule has 6 heteroatoms. The third-order valence-electron chi connectivity index (χ3n) is 2.80. The molecular weight excluding hydrogens is 283 g/mol. The second-order valence-corrected chi connectivity index (χ2v) is 6.17. The smallest absolute Gasteiger partial charge is 0.319 e. The molecule has 0 aromatic heterocycles. The Balaban J connectivity index is 2.80. The molecule has 0 heterocycles. The molecule has 1 atom stereocenters. The van der Waals surface area contributed by atoms with Gasteiger partial charge in [0.2, 0.25) is 0 Å². The van der Waals surface area contributed by atoms with E-state index in [1.165, 1.54) is 32.0 Å². The van der Waals surface area contributed by atoms with Crippen molar-refractivity contribution >= 4 is 22.6 Å². The van der Waals surface area contributed by atoms with Crippen molar-refractivity contribution in [2.24, 2.45) is 5.41 Å². The van der Waals surface area contributed by atoms with Crippen molar-refractivity contribution < 1.29 is 22.9 Å². The second kappa shape index (κ2) is 6.74. The summed E-state index contributed by atoms with van der Waals surface area (Å²) in [6.07, 6.45) is 0. The zero-order chi connectivity index (χ0) is 15.3. The molecule has 0 saturated heterocycles. The average molecular weight is 300 g/mol. The van der Waals surface area contributed by atoms with Crippen LogP contribution in [0.25, 0.3) is 0 Å². The first kappa shape index (κ1) is 16.5. The lowest BCUT2D eigenvalue weighted by Crippen LogP contribution is -2.37. The van der Waals surface area contributed by atoms with Gasteiger partial charge in [0, 0.05) is 4.90 Å². The van der Waals surface area contributed by atoms with E-state index in [9.17, 15) is 18.2 Å². The van der Waals surface area contributed by atoms with E-state index in [0.717, 1.165) is 6.07 Å². The van der Waals surface area contributed by atoms with Gasteiger partial charge in [0.1, 0.15) is 11.2 Å². The minimum absolute atomic E-state index is 0.169. The van der Waals surface area contributed by atoms with E-state index < -0.39 is 33.8 Å². The van der Waals surface area contributed by atoms with Crippen LogP contribution in [0.2, 0.25) is 0 Å². The minimum Gasteiger partial charge on any atom is -0.465 e. The summed E-state index contributed by atoms with van der Waals surface area (Å²) >= 11 is 0. The molecule has 0 spiro atoms. The summed E-state index contributed by atoms with van der Waals surface area (Å²) in [5.74, 6) is -2.03. The molecule has 1 aromatic rings. The first-order valence-electron chi connectivity index (χ1n) is 6.13. The molecular formula is C14H17FO4S. The van der Waals surface area contributed by atoms with Gasteiger partial charge in [-0.25, -0.2) is 4.39 Å². The van der Waals surface area contributed by atoms with Crippen molar-refractivity contribution in [2.45, 2.75) is 25.7 Å². The number of hydrogen-bond acceptors (Lipinski definition) is 4. The van der Waals surface area contributed by atoms with Gasteiger partial charge in [0.05, 0.1) is 23.2 Å². The summed E-state index contributed by atoms with van der Waals surface area (Å²) in [5.41, 5.74) is -1.36. The molecule has 0 aliphatic carbocycles. The maximum Gasteiger partial charge on any atom is 0.319 e. The molecule has 0 bridgehead atoms. The number of ketones is 1. The summed E-state index contributed by atoms with van der Waals surface area (Å²) < 4.78 is 29.9. The predicted octanol–water partition coefficient (Wildman–Crippen LogP) is 2.09. The molecule has 0 radical (unpaired) electrons. The lowest BCUT2D eigenvalue weighted by molar-refractivity contribution is -0.157. The Morgan fingerprint density at radius 3 is 2.55 bits per heavy atom. The van der Waals surface area contributed by atoms with Gasteiger partial charge < -0.3 is 4.74 Å². The van der Waals surface area contributed by atoms with Crippen LogP contribution in [0.1, 0.15) is 20.8 Å². The maximum atomic E-state index is 13.0. The van der Waals surface area contributed by atoms with Gasteiger partial charge in [0.25, 0.3) is 0 Å². The zero-order valence-electron chi connectivity index (χ0n) is 11.6. The van der Waals surface area contributed by atoms with Gasteiger partial charge >= 0.3 is 5.97 Å². The standard InChI is InChI=1S/C14H17FO4S/c1-4-19-13(17)14(2,3)12(16)9-20(18)11-7-5-6-10(15)8-11/h5-8H,4,9H2,1-3H3. The topological polar surface area (TPSA) is 60.4 Å². The normalized spacial score (nSPS) is 12.8. The average Bonchev–Trinajstić information content (AvgIpc) is 2.38. The minimum atomic E-state index is -1.69. The van der Waals surface area contributed by atoms with Gasteiger partial charge in [0.15, 0.2) is 5.78 Å². The molecule has 20 heavy (non-hydrogen) atoms. The van der Waals surface area contributed by atoms with E-state index in [0.29, 0.717) is 0 Å². The molecule has 1 rings (SSSR count). The van der Waals surface area contributed by atoms with Crippen molar-refractivity contribution in [2.75, 3.05) is 12.4 Å². The summed E-state index contributed by atoms with van der Waals surface area (Å²) in [5, 5.41) is 0. The third kappa shape index (κ3) is 3.96. The number of rotatable bonds is 6. The molecule has 110 valence electrons. The van der Waals surface area contributed by atoms with Gasteiger partial charge in [-0.15, -0.1) is 0 Å². The fourth-order valence-electron chi connectivity index (χ4n) is 1.42. The van der Waals surface area contributed by atoms with E-state index in [1.807, 2.05) is 0 Å². The highest BCUT2D eigenvalue weighted by molar-refractivity contribution is 7.85. The highest BCUT2D eigenvalue weighted by atomic mass is 32.2.